The first-order valence-electron chi connectivity index (χ1n) is 4.38. The molecule has 68 valence electrons. The highest BCUT2D eigenvalue weighted by Crippen LogP contribution is 2.30. The van der Waals surface area contributed by atoms with Gasteiger partial charge in [-0.25, -0.2) is 0 Å². The highest BCUT2D eigenvalue weighted by atomic mass is 32.1. The monoisotopic (exact) mass is 201 g/mol. The van der Waals surface area contributed by atoms with Gasteiger partial charge in [0.15, 0.2) is 5.82 Å². The number of allylic oxidation sites excluding steroid dienone is 4. The van der Waals surface area contributed by atoms with Gasteiger partial charge in [0.25, 0.3) is 0 Å². The van der Waals surface area contributed by atoms with Crippen LogP contribution in [0.4, 0.5) is 0 Å². The van der Waals surface area contributed by atoms with Crippen molar-refractivity contribution in [2.75, 3.05) is 0 Å². The highest BCUT2D eigenvalue weighted by molar-refractivity contribution is 7.80. The first kappa shape index (κ1) is 7.82. The molecule has 3 nitrogen and oxygen atoms in total. The van der Waals surface area contributed by atoms with Gasteiger partial charge in [-0.3, -0.25) is 4.90 Å². The second kappa shape index (κ2) is 2.72. The van der Waals surface area contributed by atoms with Crippen molar-refractivity contribution in [3.05, 3.63) is 47.9 Å². The summed E-state index contributed by atoms with van der Waals surface area (Å²) in [6, 6.07) is 0.183. The summed E-state index contributed by atoms with van der Waals surface area (Å²) >= 11 is 5.12. The Morgan fingerprint density at radius 3 is 3.07 bits per heavy atom. The summed E-state index contributed by atoms with van der Waals surface area (Å²) in [5.74, 6) is 0.837. The molecule has 2 aliphatic heterocycles. The lowest BCUT2D eigenvalue weighted by Gasteiger charge is -2.30. The van der Waals surface area contributed by atoms with Crippen molar-refractivity contribution in [2.24, 2.45) is 10.2 Å². The molecule has 0 spiro atoms. The van der Waals surface area contributed by atoms with Crippen LogP contribution in [0.15, 0.2) is 58.1 Å². The summed E-state index contributed by atoms with van der Waals surface area (Å²) in [4.78, 5) is 1.96. The summed E-state index contributed by atoms with van der Waals surface area (Å²) in [6.45, 7) is 0. The third-order valence-electron chi connectivity index (χ3n) is 2.43. The molecule has 1 unspecified atom stereocenters. The Labute approximate surface area is 86.8 Å². The molecule has 0 aromatic rings. The van der Waals surface area contributed by atoms with Crippen molar-refractivity contribution in [2.45, 2.75) is 6.04 Å². The predicted molar refractivity (Wildman–Crippen MR) is 57.5 cm³/mol. The number of hydrogen-bond donors (Lipinski definition) is 0. The molecule has 0 bridgehead atoms. The fourth-order valence-electron chi connectivity index (χ4n) is 1.77. The third kappa shape index (κ3) is 0.943. The summed E-state index contributed by atoms with van der Waals surface area (Å²) in [5.41, 5.74) is 1.23. The van der Waals surface area contributed by atoms with Crippen molar-refractivity contribution in [3.8, 4) is 0 Å². The fraction of sp³-hybridized carbons (Fsp3) is 0.100. The molecule has 2 heterocycles. The molecule has 14 heavy (non-hydrogen) atoms. The van der Waals surface area contributed by atoms with E-state index in [2.05, 4.69) is 28.5 Å². The average Bonchev–Trinajstić information content (AvgIpc) is 2.61. The Morgan fingerprint density at radius 1 is 1.21 bits per heavy atom. The molecule has 0 amide bonds. The van der Waals surface area contributed by atoms with E-state index in [-0.39, 0.29) is 6.04 Å². The Balaban J connectivity index is 2.11. The normalized spacial score (nSPS) is 27.3. The average molecular weight is 201 g/mol. The van der Waals surface area contributed by atoms with Crippen LogP contribution in [0, 0.1) is 0 Å². The minimum absolute atomic E-state index is 0.183. The summed E-state index contributed by atoms with van der Waals surface area (Å²) < 4.78 is 0. The molecule has 3 rings (SSSR count). The standard InChI is InChI=1S/C10H7N3S/c14-10-12-11-9-6-5-7-3-1-2-4-8(7)13(9)10/h1-6,8H. The minimum Gasteiger partial charge on any atom is -0.288 e. The smallest absolute Gasteiger partial charge is 0.223 e. The van der Waals surface area contributed by atoms with Crippen molar-refractivity contribution in [3.63, 3.8) is 0 Å². The van der Waals surface area contributed by atoms with Gasteiger partial charge in [-0.1, -0.05) is 30.4 Å². The molecular weight excluding hydrogens is 194 g/mol. The minimum atomic E-state index is 0.183. The number of hydrogen-bond acceptors (Lipinski definition) is 2. The van der Waals surface area contributed by atoms with Crippen molar-refractivity contribution in [1.29, 1.82) is 0 Å². The first-order chi connectivity index (χ1) is 6.86. The van der Waals surface area contributed by atoms with Gasteiger partial charge >= 0.3 is 0 Å². The zero-order chi connectivity index (χ0) is 9.54. The lowest BCUT2D eigenvalue weighted by Crippen LogP contribution is -2.36. The Hall–Kier alpha value is -1.55. The number of rotatable bonds is 0. The molecule has 0 saturated heterocycles. The van der Waals surface area contributed by atoms with E-state index in [0.29, 0.717) is 5.11 Å². The van der Waals surface area contributed by atoms with Crippen LogP contribution in [-0.2, 0) is 0 Å². The molecule has 1 aliphatic carbocycles. The molecule has 0 saturated carbocycles. The topological polar surface area (TPSA) is 28.0 Å². The van der Waals surface area contributed by atoms with Crippen molar-refractivity contribution >= 4 is 17.3 Å². The van der Waals surface area contributed by atoms with Gasteiger partial charge in [0.05, 0.1) is 6.04 Å². The molecule has 3 aliphatic rings. The highest BCUT2D eigenvalue weighted by Gasteiger charge is 2.31. The quantitative estimate of drug-likeness (QED) is 0.562. The second-order valence-electron chi connectivity index (χ2n) is 3.23. The zero-order valence-corrected chi connectivity index (χ0v) is 8.11. The van der Waals surface area contributed by atoms with Crippen LogP contribution in [0.1, 0.15) is 0 Å². The van der Waals surface area contributed by atoms with Crippen LogP contribution in [0.3, 0.4) is 0 Å². The maximum Gasteiger partial charge on any atom is 0.223 e. The molecule has 0 aromatic heterocycles. The van der Waals surface area contributed by atoms with Crippen LogP contribution < -0.4 is 0 Å². The van der Waals surface area contributed by atoms with E-state index < -0.39 is 0 Å². The summed E-state index contributed by atoms with van der Waals surface area (Å²) in [6.07, 6.45) is 12.2. The number of azo groups is 1. The number of nitrogens with zero attached hydrogens (tertiary/aromatic N) is 3. The van der Waals surface area contributed by atoms with Gasteiger partial charge < -0.3 is 0 Å². The largest absolute Gasteiger partial charge is 0.288 e. The second-order valence-corrected chi connectivity index (χ2v) is 3.60. The molecule has 0 radical (unpaired) electrons. The zero-order valence-electron chi connectivity index (χ0n) is 7.29. The van der Waals surface area contributed by atoms with Crippen LogP contribution in [0.5, 0.6) is 0 Å². The third-order valence-corrected chi connectivity index (χ3v) is 2.71. The van der Waals surface area contributed by atoms with Crippen LogP contribution in [0.25, 0.3) is 0 Å². The van der Waals surface area contributed by atoms with Gasteiger partial charge in [-0.2, -0.15) is 0 Å². The van der Waals surface area contributed by atoms with Crippen molar-refractivity contribution < 1.29 is 0 Å². The number of thiocarbonyl (C=S) groups is 1. The first-order valence-corrected chi connectivity index (χ1v) is 4.79. The Bertz CT molecular complexity index is 444. The van der Waals surface area contributed by atoms with Gasteiger partial charge in [0.2, 0.25) is 5.11 Å². The van der Waals surface area contributed by atoms with Gasteiger partial charge in [0.1, 0.15) is 0 Å². The van der Waals surface area contributed by atoms with E-state index >= 15 is 0 Å². The lowest BCUT2D eigenvalue weighted by atomic mass is 9.98. The molecule has 1 atom stereocenters. The van der Waals surface area contributed by atoms with Crippen LogP contribution in [-0.4, -0.2) is 16.1 Å². The Morgan fingerprint density at radius 2 is 2.14 bits per heavy atom. The molecule has 4 heteroatoms. The summed E-state index contributed by atoms with van der Waals surface area (Å²) in [7, 11) is 0. The van der Waals surface area contributed by atoms with Gasteiger partial charge in [-0.15, -0.1) is 10.2 Å². The van der Waals surface area contributed by atoms with E-state index in [9.17, 15) is 0 Å². The van der Waals surface area contributed by atoms with E-state index in [1.807, 2.05) is 23.1 Å². The molecule has 0 fully saturated rings. The van der Waals surface area contributed by atoms with Gasteiger partial charge in [0, 0.05) is 0 Å². The van der Waals surface area contributed by atoms with Crippen molar-refractivity contribution in [1.82, 2.24) is 4.90 Å². The van der Waals surface area contributed by atoms with Crippen LogP contribution >= 0.6 is 12.2 Å². The molecule has 0 N–H and O–H groups in total. The van der Waals surface area contributed by atoms with Crippen LogP contribution in [0.2, 0.25) is 0 Å². The molecule has 0 aromatic carbocycles. The SMILES string of the molecule is S=C1N=NC2=CC=C3C=CC=CC3N12. The maximum absolute atomic E-state index is 5.12. The fourth-order valence-corrected chi connectivity index (χ4v) is 2.02. The number of fused-ring (bicyclic) bond motifs is 3. The van der Waals surface area contributed by atoms with E-state index in [1.165, 1.54) is 5.57 Å². The lowest BCUT2D eigenvalue weighted by molar-refractivity contribution is 0.491. The van der Waals surface area contributed by atoms with E-state index in [4.69, 9.17) is 12.2 Å². The maximum atomic E-state index is 5.12. The molecular formula is C10H7N3S. The summed E-state index contributed by atoms with van der Waals surface area (Å²) in [5, 5.41) is 8.44. The Kier molecular flexibility index (Phi) is 1.52. The van der Waals surface area contributed by atoms with Gasteiger partial charge in [-0.05, 0) is 23.9 Å². The van der Waals surface area contributed by atoms with E-state index in [1.54, 1.807) is 0 Å². The predicted octanol–water partition coefficient (Wildman–Crippen LogP) is 2.32. The van der Waals surface area contributed by atoms with E-state index in [0.717, 1.165) is 5.82 Å².